The van der Waals surface area contributed by atoms with Gasteiger partial charge in [-0.1, -0.05) is 46.3 Å². The van der Waals surface area contributed by atoms with Crippen LogP contribution in [0, 0.1) is 11.3 Å². The second kappa shape index (κ2) is 8.17. The van der Waals surface area contributed by atoms with Gasteiger partial charge in [0, 0.05) is 15.6 Å². The lowest BCUT2D eigenvalue weighted by Gasteiger charge is -2.11. The zero-order chi connectivity index (χ0) is 20.2. The molecular formula is C24H16BrN3O. The summed E-state index contributed by atoms with van der Waals surface area (Å²) < 4.78 is 6.77. The van der Waals surface area contributed by atoms with Crippen molar-refractivity contribution in [2.24, 2.45) is 0 Å². The van der Waals surface area contributed by atoms with Crippen molar-refractivity contribution in [1.29, 1.82) is 5.26 Å². The van der Waals surface area contributed by atoms with Crippen molar-refractivity contribution >= 4 is 21.7 Å². The van der Waals surface area contributed by atoms with Gasteiger partial charge in [0.2, 0.25) is 0 Å². The minimum absolute atomic E-state index is 0.213. The van der Waals surface area contributed by atoms with Crippen LogP contribution in [-0.2, 0) is 0 Å². The number of rotatable bonds is 4. The standard InChI is InChI=1S/C24H16BrN3O/c25-18-6-4-5-17(13-18)21-14-23(28-24(27)22(21)15-26)16-9-11-20(12-10-16)29-19-7-2-1-3-8-19/h1-14H,(H2,27,28). The number of anilines is 1. The Balaban J connectivity index is 1.71. The molecule has 0 unspecified atom stereocenters. The maximum atomic E-state index is 9.57. The first-order chi connectivity index (χ1) is 14.1. The molecule has 0 saturated carbocycles. The average Bonchev–Trinajstić information content (AvgIpc) is 2.74. The Kier molecular flexibility index (Phi) is 5.28. The molecule has 0 amide bonds. The lowest BCUT2D eigenvalue weighted by Crippen LogP contribution is -1.99. The fraction of sp³-hybridized carbons (Fsp3) is 0. The Morgan fingerprint density at radius 3 is 2.24 bits per heavy atom. The number of nitrogen functional groups attached to an aromatic ring is 1. The molecule has 0 atom stereocenters. The maximum absolute atomic E-state index is 9.57. The summed E-state index contributed by atoms with van der Waals surface area (Å²) in [5.74, 6) is 1.72. The summed E-state index contributed by atoms with van der Waals surface area (Å²) in [5.41, 5.74) is 9.71. The summed E-state index contributed by atoms with van der Waals surface area (Å²) >= 11 is 3.48. The van der Waals surface area contributed by atoms with Crippen molar-refractivity contribution in [3.63, 3.8) is 0 Å². The van der Waals surface area contributed by atoms with Gasteiger partial charge in [0.05, 0.1) is 5.69 Å². The fourth-order valence-corrected chi connectivity index (χ4v) is 3.43. The van der Waals surface area contributed by atoms with Crippen molar-refractivity contribution in [3.8, 4) is 40.0 Å². The highest BCUT2D eigenvalue weighted by Crippen LogP contribution is 2.33. The molecule has 0 bridgehead atoms. The molecule has 3 aromatic carbocycles. The summed E-state index contributed by atoms with van der Waals surface area (Å²) in [5, 5.41) is 9.57. The number of para-hydroxylation sites is 1. The summed E-state index contributed by atoms with van der Waals surface area (Å²) in [7, 11) is 0. The third-order valence-electron chi connectivity index (χ3n) is 4.42. The van der Waals surface area contributed by atoms with Crippen LogP contribution >= 0.6 is 15.9 Å². The Morgan fingerprint density at radius 1 is 0.828 bits per heavy atom. The van der Waals surface area contributed by atoms with Gasteiger partial charge < -0.3 is 10.5 Å². The van der Waals surface area contributed by atoms with Gasteiger partial charge in [-0.25, -0.2) is 4.98 Å². The van der Waals surface area contributed by atoms with Gasteiger partial charge in [-0.2, -0.15) is 5.26 Å². The normalized spacial score (nSPS) is 10.3. The SMILES string of the molecule is N#Cc1c(-c2cccc(Br)c2)cc(-c2ccc(Oc3ccccc3)cc2)nc1N. The number of hydrogen-bond acceptors (Lipinski definition) is 4. The van der Waals surface area contributed by atoms with E-state index in [0.29, 0.717) is 11.3 Å². The van der Waals surface area contributed by atoms with Gasteiger partial charge >= 0.3 is 0 Å². The summed E-state index contributed by atoms with van der Waals surface area (Å²) in [6.45, 7) is 0. The summed E-state index contributed by atoms with van der Waals surface area (Å²) in [4.78, 5) is 4.44. The third-order valence-corrected chi connectivity index (χ3v) is 4.92. The molecule has 0 saturated heterocycles. The van der Waals surface area contributed by atoms with E-state index in [-0.39, 0.29) is 5.82 Å². The zero-order valence-electron chi connectivity index (χ0n) is 15.3. The number of nitrogens with zero attached hydrogens (tertiary/aromatic N) is 2. The van der Waals surface area contributed by atoms with Crippen LogP contribution in [0.1, 0.15) is 5.56 Å². The van der Waals surface area contributed by atoms with Crippen LogP contribution in [0.3, 0.4) is 0 Å². The number of nitriles is 1. The molecule has 0 aliphatic rings. The van der Waals surface area contributed by atoms with E-state index in [1.165, 1.54) is 0 Å². The van der Waals surface area contributed by atoms with Crippen LogP contribution < -0.4 is 10.5 Å². The summed E-state index contributed by atoms with van der Waals surface area (Å²) in [6.07, 6.45) is 0. The molecule has 0 aliphatic carbocycles. The largest absolute Gasteiger partial charge is 0.457 e. The molecule has 0 fully saturated rings. The molecular weight excluding hydrogens is 426 g/mol. The summed E-state index contributed by atoms with van der Waals surface area (Å²) in [6, 6.07) is 29.1. The van der Waals surface area contributed by atoms with E-state index in [4.69, 9.17) is 10.5 Å². The number of aromatic nitrogens is 1. The van der Waals surface area contributed by atoms with Crippen molar-refractivity contribution < 1.29 is 4.74 Å². The number of halogens is 1. The second-order valence-electron chi connectivity index (χ2n) is 6.38. The fourth-order valence-electron chi connectivity index (χ4n) is 3.03. The van der Waals surface area contributed by atoms with E-state index in [9.17, 15) is 5.26 Å². The van der Waals surface area contributed by atoms with Gasteiger partial charge in [0.25, 0.3) is 0 Å². The van der Waals surface area contributed by atoms with Crippen LogP contribution in [-0.4, -0.2) is 4.98 Å². The lowest BCUT2D eigenvalue weighted by atomic mass is 9.98. The molecule has 29 heavy (non-hydrogen) atoms. The van der Waals surface area contributed by atoms with E-state index >= 15 is 0 Å². The third kappa shape index (κ3) is 4.13. The number of nitrogens with two attached hydrogens (primary N) is 1. The van der Waals surface area contributed by atoms with Gasteiger partial charge in [-0.3, -0.25) is 0 Å². The lowest BCUT2D eigenvalue weighted by molar-refractivity contribution is 0.483. The molecule has 2 N–H and O–H groups in total. The number of hydrogen-bond donors (Lipinski definition) is 1. The van der Waals surface area contributed by atoms with Crippen LogP contribution in [0.5, 0.6) is 11.5 Å². The van der Waals surface area contributed by atoms with Gasteiger partial charge in [0.1, 0.15) is 28.9 Å². The Hall–Kier alpha value is -3.62. The molecule has 1 heterocycles. The smallest absolute Gasteiger partial charge is 0.142 e. The van der Waals surface area contributed by atoms with E-state index in [1.807, 2.05) is 84.9 Å². The molecule has 4 rings (SSSR count). The molecule has 0 aliphatic heterocycles. The van der Waals surface area contributed by atoms with Crippen molar-refractivity contribution in [2.75, 3.05) is 5.73 Å². The monoisotopic (exact) mass is 441 g/mol. The van der Waals surface area contributed by atoms with Crippen molar-refractivity contribution in [2.45, 2.75) is 0 Å². The molecule has 5 heteroatoms. The number of pyridine rings is 1. The first kappa shape index (κ1) is 18.7. The van der Waals surface area contributed by atoms with Crippen LogP contribution in [0.15, 0.2) is 89.4 Å². The molecule has 4 aromatic rings. The maximum Gasteiger partial charge on any atom is 0.142 e. The van der Waals surface area contributed by atoms with E-state index in [1.54, 1.807) is 0 Å². The van der Waals surface area contributed by atoms with Gasteiger partial charge in [-0.15, -0.1) is 0 Å². The Bertz CT molecular complexity index is 1200. The molecule has 0 radical (unpaired) electrons. The van der Waals surface area contributed by atoms with E-state index in [2.05, 4.69) is 27.0 Å². The van der Waals surface area contributed by atoms with Crippen molar-refractivity contribution in [1.82, 2.24) is 4.98 Å². The number of benzene rings is 3. The van der Waals surface area contributed by atoms with Gasteiger partial charge in [0.15, 0.2) is 0 Å². The average molecular weight is 442 g/mol. The minimum atomic E-state index is 0.213. The Labute approximate surface area is 177 Å². The second-order valence-corrected chi connectivity index (χ2v) is 7.29. The van der Waals surface area contributed by atoms with Crippen LogP contribution in [0.25, 0.3) is 22.4 Å². The quantitative estimate of drug-likeness (QED) is 0.396. The first-order valence-corrected chi connectivity index (χ1v) is 9.73. The predicted octanol–water partition coefficient (Wildman–Crippen LogP) is 6.42. The highest BCUT2D eigenvalue weighted by atomic mass is 79.9. The molecule has 0 spiro atoms. The van der Waals surface area contributed by atoms with E-state index < -0.39 is 0 Å². The minimum Gasteiger partial charge on any atom is -0.457 e. The van der Waals surface area contributed by atoms with Gasteiger partial charge in [-0.05, 0) is 60.2 Å². The molecule has 140 valence electrons. The highest BCUT2D eigenvalue weighted by molar-refractivity contribution is 9.10. The zero-order valence-corrected chi connectivity index (χ0v) is 16.9. The Morgan fingerprint density at radius 2 is 1.55 bits per heavy atom. The topological polar surface area (TPSA) is 71.9 Å². The van der Waals surface area contributed by atoms with Crippen LogP contribution in [0.2, 0.25) is 0 Å². The molecule has 1 aromatic heterocycles. The van der Waals surface area contributed by atoms with Crippen LogP contribution in [0.4, 0.5) is 5.82 Å². The highest BCUT2D eigenvalue weighted by Gasteiger charge is 2.14. The predicted molar refractivity (Wildman–Crippen MR) is 118 cm³/mol. The number of ether oxygens (including phenoxy) is 1. The van der Waals surface area contributed by atoms with Crippen molar-refractivity contribution in [3.05, 3.63) is 95.0 Å². The van der Waals surface area contributed by atoms with E-state index in [0.717, 1.165) is 32.7 Å². The first-order valence-electron chi connectivity index (χ1n) is 8.94. The molecule has 4 nitrogen and oxygen atoms in total.